The second-order valence-electron chi connectivity index (χ2n) is 2.31. The third-order valence-corrected chi connectivity index (χ3v) is 1.79. The Bertz CT molecular complexity index is 284. The lowest BCUT2D eigenvalue weighted by molar-refractivity contribution is 0.101. The largest absolute Gasteiger partial charge is 0.483 e. The van der Waals surface area contributed by atoms with E-state index < -0.39 is 0 Å². The van der Waals surface area contributed by atoms with Gasteiger partial charge in [-0.1, -0.05) is 12.1 Å². The molecule has 64 valence electrons. The maximum atomic E-state index is 11.1. The molecule has 0 fully saturated rings. The summed E-state index contributed by atoms with van der Waals surface area (Å²) in [5.41, 5.74) is 0.647. The minimum Gasteiger partial charge on any atom is -0.483 e. The number of ketones is 1. The molecule has 0 saturated heterocycles. The van der Waals surface area contributed by atoms with Gasteiger partial charge in [0.1, 0.15) is 10.4 Å². The lowest BCUT2D eigenvalue weighted by atomic mass is 10.1. The maximum absolute atomic E-state index is 11.1. The predicted octanol–water partition coefficient (Wildman–Crippen LogP) is 2.66. The average Bonchev–Trinajstić information content (AvgIpc) is 2.05. The number of Topliss-reactive ketones (excluding diaryl/α,β-unsaturated/α-hetero) is 1. The zero-order valence-corrected chi connectivity index (χ0v) is 8.87. The van der Waals surface area contributed by atoms with Crippen LogP contribution in [0.25, 0.3) is 0 Å². The number of hydrogen-bond acceptors (Lipinski definition) is 2. The van der Waals surface area contributed by atoms with Gasteiger partial charge in [-0.3, -0.25) is 4.79 Å². The summed E-state index contributed by atoms with van der Waals surface area (Å²) in [4.78, 5) is 11.1. The van der Waals surface area contributed by atoms with Crippen LogP contribution in [0.5, 0.6) is 5.75 Å². The van der Waals surface area contributed by atoms with E-state index >= 15 is 0 Å². The van der Waals surface area contributed by atoms with Crippen molar-refractivity contribution in [2.45, 2.75) is 6.92 Å². The summed E-state index contributed by atoms with van der Waals surface area (Å²) in [5.74, 6) is 0.704. The van der Waals surface area contributed by atoms with E-state index in [9.17, 15) is 4.79 Å². The Morgan fingerprint density at radius 3 is 2.75 bits per heavy atom. The smallest absolute Gasteiger partial charge is 0.163 e. The second kappa shape index (κ2) is 4.45. The molecule has 0 saturated carbocycles. The molecule has 3 heteroatoms. The minimum absolute atomic E-state index is 0.0375. The first kappa shape index (κ1) is 9.51. The monoisotopic (exact) mass is 276 g/mol. The Hall–Kier alpha value is -0.580. The van der Waals surface area contributed by atoms with Gasteiger partial charge >= 0.3 is 0 Å². The number of rotatable bonds is 3. The molecule has 1 aromatic carbocycles. The molecule has 0 unspecified atom stereocenters. The zero-order chi connectivity index (χ0) is 8.97. The molecule has 0 heterocycles. The first-order chi connectivity index (χ1) is 5.75. The van der Waals surface area contributed by atoms with Crippen molar-refractivity contribution in [1.82, 2.24) is 0 Å². The maximum Gasteiger partial charge on any atom is 0.163 e. The quantitative estimate of drug-likeness (QED) is 0.482. The molecule has 0 aliphatic heterocycles. The number of alkyl halides is 1. The van der Waals surface area contributed by atoms with Crippen molar-refractivity contribution in [3.05, 3.63) is 29.8 Å². The van der Waals surface area contributed by atoms with E-state index in [1.807, 2.05) is 12.1 Å². The first-order valence-electron chi connectivity index (χ1n) is 3.54. The number of carbonyl (C=O) groups excluding carboxylic acids is 1. The summed E-state index contributed by atoms with van der Waals surface area (Å²) in [6.45, 7) is 1.54. The zero-order valence-electron chi connectivity index (χ0n) is 6.71. The van der Waals surface area contributed by atoms with Crippen molar-refractivity contribution < 1.29 is 9.53 Å². The number of halogens is 1. The molecule has 0 aromatic heterocycles. The third kappa shape index (κ3) is 2.20. The number of carbonyl (C=O) groups is 1. The fraction of sp³-hybridized carbons (Fsp3) is 0.222. The molecule has 1 aromatic rings. The number of benzene rings is 1. The van der Waals surface area contributed by atoms with Gasteiger partial charge in [0.25, 0.3) is 0 Å². The Morgan fingerprint density at radius 1 is 1.50 bits per heavy atom. The van der Waals surface area contributed by atoms with E-state index in [0.717, 1.165) is 0 Å². The summed E-state index contributed by atoms with van der Waals surface area (Å²) in [6, 6.07) is 7.25. The van der Waals surface area contributed by atoms with Crippen LogP contribution in [0.1, 0.15) is 17.3 Å². The van der Waals surface area contributed by atoms with Gasteiger partial charge < -0.3 is 4.74 Å². The van der Waals surface area contributed by atoms with Gasteiger partial charge in [-0.2, -0.15) is 0 Å². The lowest BCUT2D eigenvalue weighted by Gasteiger charge is -2.05. The predicted molar refractivity (Wildman–Crippen MR) is 56.0 cm³/mol. The van der Waals surface area contributed by atoms with Gasteiger partial charge in [-0.15, -0.1) is 0 Å². The molecule has 0 bridgehead atoms. The van der Waals surface area contributed by atoms with E-state index in [1.165, 1.54) is 6.92 Å². The van der Waals surface area contributed by atoms with E-state index in [1.54, 1.807) is 12.1 Å². The van der Waals surface area contributed by atoms with Crippen LogP contribution >= 0.6 is 22.6 Å². The van der Waals surface area contributed by atoms with E-state index in [2.05, 4.69) is 22.6 Å². The van der Waals surface area contributed by atoms with Gasteiger partial charge in [-0.05, 0) is 41.6 Å². The Morgan fingerprint density at radius 2 is 2.17 bits per heavy atom. The van der Waals surface area contributed by atoms with E-state index in [4.69, 9.17) is 4.74 Å². The summed E-state index contributed by atoms with van der Waals surface area (Å²) >= 11 is 2.10. The second-order valence-corrected chi connectivity index (χ2v) is 2.93. The molecule has 12 heavy (non-hydrogen) atoms. The fourth-order valence-corrected chi connectivity index (χ4v) is 1.28. The summed E-state index contributed by atoms with van der Waals surface area (Å²) < 4.78 is 5.82. The Balaban J connectivity index is 3.00. The van der Waals surface area contributed by atoms with E-state index in [-0.39, 0.29) is 5.78 Å². The van der Waals surface area contributed by atoms with Crippen molar-refractivity contribution in [1.29, 1.82) is 0 Å². The third-order valence-electron chi connectivity index (χ3n) is 1.48. The minimum atomic E-state index is 0.0375. The van der Waals surface area contributed by atoms with Crippen molar-refractivity contribution in [3.8, 4) is 5.75 Å². The SMILES string of the molecule is CC(=O)c1ccccc1OCI. The topological polar surface area (TPSA) is 26.3 Å². The van der Waals surface area contributed by atoms with Crippen molar-refractivity contribution in [2.75, 3.05) is 4.61 Å². The molecule has 2 nitrogen and oxygen atoms in total. The first-order valence-corrected chi connectivity index (χ1v) is 5.07. The van der Waals surface area contributed by atoms with Gasteiger partial charge in [0.05, 0.1) is 5.56 Å². The molecule has 1 rings (SSSR count). The number of para-hydroxylation sites is 1. The van der Waals surface area contributed by atoms with Crippen LogP contribution in [0.3, 0.4) is 0 Å². The van der Waals surface area contributed by atoms with Crippen LogP contribution in [0.2, 0.25) is 0 Å². The van der Waals surface area contributed by atoms with Crippen LogP contribution in [0.4, 0.5) is 0 Å². The van der Waals surface area contributed by atoms with Gasteiger partial charge in [0, 0.05) is 0 Å². The number of hydrogen-bond donors (Lipinski definition) is 0. The lowest BCUT2D eigenvalue weighted by Crippen LogP contribution is -1.98. The van der Waals surface area contributed by atoms with Crippen LogP contribution < -0.4 is 4.74 Å². The van der Waals surface area contributed by atoms with Crippen LogP contribution in [-0.2, 0) is 0 Å². The molecule has 0 radical (unpaired) electrons. The van der Waals surface area contributed by atoms with Crippen LogP contribution in [0.15, 0.2) is 24.3 Å². The molecular weight excluding hydrogens is 267 g/mol. The molecular formula is C9H9IO2. The fourth-order valence-electron chi connectivity index (χ4n) is 0.942. The number of ether oxygens (including phenoxy) is 1. The highest BCUT2D eigenvalue weighted by molar-refractivity contribution is 14.1. The molecule has 0 N–H and O–H groups in total. The highest BCUT2D eigenvalue weighted by atomic mass is 127. The summed E-state index contributed by atoms with van der Waals surface area (Å²) in [5, 5.41) is 0. The van der Waals surface area contributed by atoms with Crippen molar-refractivity contribution >= 4 is 28.4 Å². The van der Waals surface area contributed by atoms with Crippen molar-refractivity contribution in [2.24, 2.45) is 0 Å². The van der Waals surface area contributed by atoms with Gasteiger partial charge in [0.2, 0.25) is 0 Å². The molecule has 0 aliphatic carbocycles. The molecule has 0 spiro atoms. The van der Waals surface area contributed by atoms with E-state index in [0.29, 0.717) is 15.9 Å². The molecule has 0 amide bonds. The standard InChI is InChI=1S/C9H9IO2/c1-7(11)8-4-2-3-5-9(8)12-6-10/h2-5H,6H2,1H3. The highest BCUT2D eigenvalue weighted by Crippen LogP contribution is 2.18. The summed E-state index contributed by atoms with van der Waals surface area (Å²) in [7, 11) is 0. The summed E-state index contributed by atoms with van der Waals surface area (Å²) in [6.07, 6.45) is 0. The average molecular weight is 276 g/mol. The van der Waals surface area contributed by atoms with Gasteiger partial charge in [-0.25, -0.2) is 0 Å². The highest BCUT2D eigenvalue weighted by Gasteiger charge is 2.05. The Kier molecular flexibility index (Phi) is 3.52. The molecule has 0 atom stereocenters. The Labute approximate surface area is 85.1 Å². The van der Waals surface area contributed by atoms with Gasteiger partial charge in [0.15, 0.2) is 5.78 Å². The van der Waals surface area contributed by atoms with Crippen molar-refractivity contribution in [3.63, 3.8) is 0 Å². The van der Waals surface area contributed by atoms with Crippen LogP contribution in [-0.4, -0.2) is 10.4 Å². The molecule has 0 aliphatic rings. The van der Waals surface area contributed by atoms with Crippen LogP contribution in [0, 0.1) is 0 Å². The normalized spacial score (nSPS) is 9.50.